The van der Waals surface area contributed by atoms with Gasteiger partial charge in [0.2, 0.25) is 0 Å². The van der Waals surface area contributed by atoms with Crippen LogP contribution in [0.4, 0.5) is 0 Å². The van der Waals surface area contributed by atoms with Gasteiger partial charge in [0, 0.05) is 5.02 Å². The predicted molar refractivity (Wildman–Crippen MR) is 84.5 cm³/mol. The Kier molecular flexibility index (Phi) is 4.04. The monoisotopic (exact) mass is 303 g/mol. The smallest absolute Gasteiger partial charge is 0.161 e. The molecule has 3 rings (SSSR count). The summed E-state index contributed by atoms with van der Waals surface area (Å²) in [4.78, 5) is 0. The minimum Gasteiger partial charge on any atom is -0.486 e. The summed E-state index contributed by atoms with van der Waals surface area (Å²) in [5.74, 6) is 1.61. The topological polar surface area (TPSA) is 30.5 Å². The van der Waals surface area contributed by atoms with Crippen LogP contribution in [0.2, 0.25) is 5.02 Å². The Morgan fingerprint density at radius 2 is 1.67 bits per heavy atom. The largest absolute Gasteiger partial charge is 0.486 e. The van der Waals surface area contributed by atoms with Crippen LogP contribution >= 0.6 is 11.6 Å². The van der Waals surface area contributed by atoms with Crippen LogP contribution < -0.4 is 14.8 Å². The summed E-state index contributed by atoms with van der Waals surface area (Å²) in [6.45, 7) is 3.21. The lowest BCUT2D eigenvalue weighted by molar-refractivity contribution is 0.171. The van der Waals surface area contributed by atoms with Gasteiger partial charge in [0.25, 0.3) is 0 Å². The average molecular weight is 304 g/mol. The number of fused-ring (bicyclic) bond motifs is 1. The van der Waals surface area contributed by atoms with Gasteiger partial charge in [-0.1, -0.05) is 29.8 Å². The van der Waals surface area contributed by atoms with Gasteiger partial charge in [0.05, 0.1) is 6.04 Å². The van der Waals surface area contributed by atoms with Crippen LogP contribution in [0.25, 0.3) is 0 Å². The highest BCUT2D eigenvalue weighted by Gasteiger charge is 2.17. The summed E-state index contributed by atoms with van der Waals surface area (Å²) in [6.07, 6.45) is 0. The average Bonchev–Trinajstić information content (AvgIpc) is 2.51. The van der Waals surface area contributed by atoms with E-state index in [1.807, 2.05) is 38.2 Å². The summed E-state index contributed by atoms with van der Waals surface area (Å²) in [7, 11) is 1.94. The van der Waals surface area contributed by atoms with Crippen LogP contribution in [-0.2, 0) is 0 Å². The van der Waals surface area contributed by atoms with Gasteiger partial charge >= 0.3 is 0 Å². The maximum absolute atomic E-state index is 6.25. The normalized spacial score (nSPS) is 14.8. The Hall–Kier alpha value is -1.71. The van der Waals surface area contributed by atoms with Gasteiger partial charge in [-0.15, -0.1) is 0 Å². The number of hydrogen-bond acceptors (Lipinski definition) is 3. The Balaban J connectivity index is 1.97. The van der Waals surface area contributed by atoms with Gasteiger partial charge in [-0.05, 0) is 48.9 Å². The molecule has 0 aromatic heterocycles. The summed E-state index contributed by atoms with van der Waals surface area (Å²) < 4.78 is 11.2. The first-order chi connectivity index (χ1) is 10.2. The second-order valence-electron chi connectivity index (χ2n) is 5.13. The zero-order valence-electron chi connectivity index (χ0n) is 12.2. The zero-order valence-corrected chi connectivity index (χ0v) is 12.9. The lowest BCUT2D eigenvalue weighted by atomic mass is 9.97. The van der Waals surface area contributed by atoms with E-state index in [4.69, 9.17) is 21.1 Å². The first-order valence-corrected chi connectivity index (χ1v) is 7.39. The van der Waals surface area contributed by atoms with Gasteiger partial charge in [-0.2, -0.15) is 0 Å². The van der Waals surface area contributed by atoms with Gasteiger partial charge in [-0.25, -0.2) is 0 Å². The molecule has 2 aromatic carbocycles. The number of halogens is 1. The third-order valence-corrected chi connectivity index (χ3v) is 4.12. The minimum absolute atomic E-state index is 0.0685. The lowest BCUT2D eigenvalue weighted by Gasteiger charge is -2.22. The molecule has 1 atom stereocenters. The van der Waals surface area contributed by atoms with Crippen molar-refractivity contribution in [1.82, 2.24) is 5.32 Å². The molecule has 1 heterocycles. The SMILES string of the molecule is CNC(c1ccc(C)c(Cl)c1)c1ccc2c(c1)OCCO2. The van der Waals surface area contributed by atoms with E-state index in [1.54, 1.807) is 0 Å². The van der Waals surface area contributed by atoms with Gasteiger partial charge in [0.15, 0.2) is 11.5 Å². The van der Waals surface area contributed by atoms with Crippen LogP contribution in [0.5, 0.6) is 11.5 Å². The summed E-state index contributed by atoms with van der Waals surface area (Å²) >= 11 is 6.25. The van der Waals surface area contributed by atoms with E-state index in [2.05, 4.69) is 17.4 Å². The highest BCUT2D eigenvalue weighted by atomic mass is 35.5. The van der Waals surface area contributed by atoms with E-state index >= 15 is 0 Å². The quantitative estimate of drug-likeness (QED) is 0.937. The molecule has 3 nitrogen and oxygen atoms in total. The summed E-state index contributed by atoms with van der Waals surface area (Å²) in [5.41, 5.74) is 3.34. The van der Waals surface area contributed by atoms with Gasteiger partial charge in [-0.3, -0.25) is 0 Å². The van der Waals surface area contributed by atoms with Gasteiger partial charge in [0.1, 0.15) is 13.2 Å². The highest BCUT2D eigenvalue weighted by molar-refractivity contribution is 6.31. The molecule has 0 aliphatic carbocycles. The van der Waals surface area contributed by atoms with Crippen LogP contribution in [0.15, 0.2) is 36.4 Å². The number of nitrogens with one attached hydrogen (secondary N) is 1. The van der Waals surface area contributed by atoms with E-state index in [-0.39, 0.29) is 6.04 Å². The van der Waals surface area contributed by atoms with Crippen molar-refractivity contribution >= 4 is 11.6 Å². The van der Waals surface area contributed by atoms with Crippen LogP contribution in [-0.4, -0.2) is 20.3 Å². The van der Waals surface area contributed by atoms with Crippen LogP contribution in [0, 0.1) is 6.92 Å². The minimum atomic E-state index is 0.0685. The van der Waals surface area contributed by atoms with E-state index in [1.165, 1.54) is 0 Å². The fourth-order valence-corrected chi connectivity index (χ4v) is 2.74. The van der Waals surface area contributed by atoms with E-state index < -0.39 is 0 Å². The molecule has 2 aromatic rings. The number of ether oxygens (including phenoxy) is 2. The first kappa shape index (κ1) is 14.2. The molecule has 1 N–H and O–H groups in total. The molecule has 0 amide bonds. The molecule has 1 unspecified atom stereocenters. The van der Waals surface area contributed by atoms with Crippen molar-refractivity contribution in [3.8, 4) is 11.5 Å². The molecule has 1 aliphatic rings. The number of rotatable bonds is 3. The van der Waals surface area contributed by atoms with Crippen molar-refractivity contribution in [3.63, 3.8) is 0 Å². The van der Waals surface area contributed by atoms with E-state index in [9.17, 15) is 0 Å². The van der Waals surface area contributed by atoms with Crippen LogP contribution in [0.3, 0.4) is 0 Å². The molecular weight excluding hydrogens is 286 g/mol. The molecular formula is C17H18ClNO2. The third-order valence-electron chi connectivity index (χ3n) is 3.72. The lowest BCUT2D eigenvalue weighted by Crippen LogP contribution is -2.19. The van der Waals surface area contributed by atoms with E-state index in [0.29, 0.717) is 13.2 Å². The fraction of sp³-hybridized carbons (Fsp3) is 0.294. The second-order valence-corrected chi connectivity index (χ2v) is 5.54. The van der Waals surface area contributed by atoms with Crippen molar-refractivity contribution in [2.75, 3.05) is 20.3 Å². The Morgan fingerprint density at radius 3 is 2.38 bits per heavy atom. The Morgan fingerprint density at radius 1 is 1.00 bits per heavy atom. The fourth-order valence-electron chi connectivity index (χ4n) is 2.55. The zero-order chi connectivity index (χ0) is 14.8. The maximum Gasteiger partial charge on any atom is 0.161 e. The maximum atomic E-state index is 6.25. The molecule has 0 fully saturated rings. The molecule has 21 heavy (non-hydrogen) atoms. The number of aryl methyl sites for hydroxylation is 1. The highest BCUT2D eigenvalue weighted by Crippen LogP contribution is 2.34. The molecule has 0 saturated heterocycles. The third kappa shape index (κ3) is 2.85. The van der Waals surface area contributed by atoms with Crippen molar-refractivity contribution in [1.29, 1.82) is 0 Å². The molecule has 4 heteroatoms. The standard InChI is InChI=1S/C17H18ClNO2/c1-11-3-4-12(9-14(11)18)17(19-2)13-5-6-15-16(10-13)21-8-7-20-15/h3-6,9-10,17,19H,7-8H2,1-2H3. The number of benzene rings is 2. The second kappa shape index (κ2) is 5.96. The first-order valence-electron chi connectivity index (χ1n) is 7.02. The van der Waals surface area contributed by atoms with Crippen molar-refractivity contribution in [2.24, 2.45) is 0 Å². The molecule has 0 saturated carbocycles. The molecule has 0 bridgehead atoms. The van der Waals surface area contributed by atoms with Crippen molar-refractivity contribution < 1.29 is 9.47 Å². The molecule has 110 valence electrons. The molecule has 1 aliphatic heterocycles. The van der Waals surface area contributed by atoms with Crippen LogP contribution in [0.1, 0.15) is 22.7 Å². The summed E-state index contributed by atoms with van der Waals surface area (Å²) in [6, 6.07) is 12.3. The summed E-state index contributed by atoms with van der Waals surface area (Å²) in [5, 5.41) is 4.12. The molecule has 0 radical (unpaired) electrons. The predicted octanol–water partition coefficient (Wildman–Crippen LogP) is 3.73. The Bertz CT molecular complexity index is 657. The number of hydrogen-bond donors (Lipinski definition) is 1. The van der Waals surface area contributed by atoms with E-state index in [0.717, 1.165) is 33.2 Å². The van der Waals surface area contributed by atoms with Gasteiger partial charge < -0.3 is 14.8 Å². The Labute approximate surface area is 129 Å². The van der Waals surface area contributed by atoms with Crippen molar-refractivity contribution in [3.05, 3.63) is 58.1 Å². The van der Waals surface area contributed by atoms with Crippen molar-refractivity contribution in [2.45, 2.75) is 13.0 Å². The molecule has 0 spiro atoms.